The van der Waals surface area contributed by atoms with Gasteiger partial charge in [0.15, 0.2) is 5.06 Å². The van der Waals surface area contributed by atoms with Crippen LogP contribution in [0.5, 0.6) is 5.06 Å². The van der Waals surface area contributed by atoms with Crippen LogP contribution in [0.3, 0.4) is 0 Å². The molecule has 8 heteroatoms. The number of hydrogen-bond donors (Lipinski definition) is 1. The Hall–Kier alpha value is -2.84. The number of nitrogens with one attached hydrogen (secondary N) is 1. The van der Waals surface area contributed by atoms with Gasteiger partial charge in [0.2, 0.25) is 0 Å². The number of amides is 1. The number of ether oxygens (including phenoxy) is 3. The van der Waals surface area contributed by atoms with E-state index >= 15 is 0 Å². The summed E-state index contributed by atoms with van der Waals surface area (Å²) in [7, 11) is 2.75. The van der Waals surface area contributed by atoms with Gasteiger partial charge >= 0.3 is 12.1 Å². The van der Waals surface area contributed by atoms with Crippen molar-refractivity contribution in [2.24, 2.45) is 0 Å². The summed E-state index contributed by atoms with van der Waals surface area (Å²) in [5, 5.41) is 3.38. The Kier molecular flexibility index (Phi) is 5.78. The summed E-state index contributed by atoms with van der Waals surface area (Å²) in [4.78, 5) is 24.6. The lowest BCUT2D eigenvalue weighted by molar-refractivity contribution is 0.0601. The van der Waals surface area contributed by atoms with Gasteiger partial charge < -0.3 is 14.2 Å². The average molecular weight is 488 g/mol. The lowest BCUT2D eigenvalue weighted by Gasteiger charge is -2.14. The van der Waals surface area contributed by atoms with Crippen molar-refractivity contribution in [3.05, 3.63) is 69.7 Å². The van der Waals surface area contributed by atoms with Gasteiger partial charge in [0.1, 0.15) is 17.2 Å². The number of methoxy groups -OCH3 is 2. The number of benzene rings is 2. The maximum atomic E-state index is 12.5. The van der Waals surface area contributed by atoms with Crippen LogP contribution in [0.1, 0.15) is 27.4 Å². The molecule has 1 aliphatic rings. The molecule has 0 spiro atoms. The maximum absolute atomic E-state index is 12.5. The van der Waals surface area contributed by atoms with Gasteiger partial charge in [-0.15, -0.1) is 0 Å². The summed E-state index contributed by atoms with van der Waals surface area (Å²) in [5.74, 6) is -0.636. The lowest BCUT2D eigenvalue weighted by atomic mass is 9.98. The zero-order valence-electron chi connectivity index (χ0n) is 16.2. The molecule has 0 unspecified atom stereocenters. The molecular weight excluding hydrogens is 470 g/mol. The van der Waals surface area contributed by atoms with Crippen LogP contribution in [0, 0.1) is 0 Å². The van der Waals surface area contributed by atoms with Crippen molar-refractivity contribution in [1.29, 1.82) is 0 Å². The van der Waals surface area contributed by atoms with Crippen molar-refractivity contribution < 1.29 is 23.8 Å². The lowest BCUT2D eigenvalue weighted by Crippen LogP contribution is -2.18. The van der Waals surface area contributed by atoms with Crippen molar-refractivity contribution in [2.75, 3.05) is 26.1 Å². The first kappa shape index (κ1) is 20.4. The van der Waals surface area contributed by atoms with E-state index in [1.165, 1.54) is 14.2 Å². The quantitative estimate of drug-likeness (QED) is 0.469. The predicted molar refractivity (Wildman–Crippen MR) is 119 cm³/mol. The standard InChI is InChI=1S/C22H18BrNO5S/c1-27-20(25)17-18(23)21(28-2)30-19(17)24-22(26)29-11-16-14-9-5-3-7-12(14)13-8-4-6-10-15(13)16/h3-10,16H,11H2,1-2H3,(H,24,26). The molecule has 6 nitrogen and oxygen atoms in total. The minimum Gasteiger partial charge on any atom is -0.486 e. The topological polar surface area (TPSA) is 73.9 Å². The molecule has 1 aliphatic carbocycles. The highest BCUT2D eigenvalue weighted by molar-refractivity contribution is 9.10. The number of esters is 1. The van der Waals surface area contributed by atoms with Crippen LogP contribution in [0.15, 0.2) is 53.0 Å². The smallest absolute Gasteiger partial charge is 0.412 e. The number of rotatable bonds is 5. The Bertz CT molecular complexity index is 1080. The monoisotopic (exact) mass is 487 g/mol. The van der Waals surface area contributed by atoms with Gasteiger partial charge in [-0.3, -0.25) is 5.32 Å². The summed E-state index contributed by atoms with van der Waals surface area (Å²) in [6, 6.07) is 16.2. The third kappa shape index (κ3) is 3.57. The van der Waals surface area contributed by atoms with Crippen LogP contribution in [0.25, 0.3) is 11.1 Å². The second kappa shape index (κ2) is 8.49. The van der Waals surface area contributed by atoms with E-state index in [1.807, 2.05) is 24.3 Å². The van der Waals surface area contributed by atoms with Crippen LogP contribution in [-0.2, 0) is 9.47 Å². The minimum absolute atomic E-state index is 0.0483. The molecule has 0 atom stereocenters. The first-order valence-electron chi connectivity index (χ1n) is 9.11. The fourth-order valence-electron chi connectivity index (χ4n) is 3.62. The molecule has 0 fully saturated rings. The molecule has 1 aromatic heterocycles. The van der Waals surface area contributed by atoms with E-state index < -0.39 is 12.1 Å². The van der Waals surface area contributed by atoms with E-state index in [9.17, 15) is 9.59 Å². The summed E-state index contributed by atoms with van der Waals surface area (Å²) >= 11 is 4.43. The molecule has 1 heterocycles. The zero-order valence-corrected chi connectivity index (χ0v) is 18.6. The Balaban J connectivity index is 1.52. The summed E-state index contributed by atoms with van der Waals surface area (Å²) < 4.78 is 16.0. The average Bonchev–Trinajstić information content (AvgIpc) is 3.26. The normalized spacial score (nSPS) is 12.1. The SMILES string of the molecule is COC(=O)c1c(NC(=O)OCC2c3ccccc3-c3ccccc32)sc(OC)c1Br. The van der Waals surface area contributed by atoms with Crippen molar-refractivity contribution in [2.45, 2.75) is 5.92 Å². The van der Waals surface area contributed by atoms with E-state index in [2.05, 4.69) is 45.5 Å². The first-order valence-corrected chi connectivity index (χ1v) is 10.7. The molecule has 3 aromatic rings. The molecule has 0 saturated heterocycles. The van der Waals surface area contributed by atoms with Gasteiger partial charge in [-0.1, -0.05) is 59.9 Å². The van der Waals surface area contributed by atoms with Crippen LogP contribution >= 0.6 is 27.3 Å². The van der Waals surface area contributed by atoms with Crippen LogP contribution in [0.2, 0.25) is 0 Å². The summed E-state index contributed by atoms with van der Waals surface area (Å²) in [5.41, 5.74) is 4.75. The van der Waals surface area contributed by atoms with E-state index in [0.717, 1.165) is 33.6 Å². The zero-order chi connectivity index (χ0) is 21.3. The van der Waals surface area contributed by atoms with Crippen molar-refractivity contribution >= 4 is 44.3 Å². The minimum atomic E-state index is -0.654. The second-order valence-electron chi connectivity index (χ2n) is 6.55. The highest BCUT2D eigenvalue weighted by atomic mass is 79.9. The molecule has 1 N–H and O–H groups in total. The molecule has 4 rings (SSSR count). The molecular formula is C22H18BrNO5S. The molecule has 30 heavy (non-hydrogen) atoms. The molecule has 0 bridgehead atoms. The maximum Gasteiger partial charge on any atom is 0.412 e. The van der Waals surface area contributed by atoms with Crippen molar-refractivity contribution in [3.8, 4) is 16.2 Å². The van der Waals surface area contributed by atoms with Crippen molar-refractivity contribution in [1.82, 2.24) is 0 Å². The fraction of sp³-hybridized carbons (Fsp3) is 0.182. The van der Waals surface area contributed by atoms with Gasteiger partial charge in [0.05, 0.1) is 18.7 Å². The van der Waals surface area contributed by atoms with Crippen molar-refractivity contribution in [3.63, 3.8) is 0 Å². The number of hydrogen-bond acceptors (Lipinski definition) is 6. The van der Waals surface area contributed by atoms with Crippen LogP contribution in [0.4, 0.5) is 9.80 Å². The number of carbonyl (C=O) groups excluding carboxylic acids is 2. The predicted octanol–water partition coefficient (Wildman–Crippen LogP) is 5.67. The molecule has 2 aromatic carbocycles. The number of anilines is 1. The first-order chi connectivity index (χ1) is 14.5. The van der Waals surface area contributed by atoms with Crippen LogP contribution in [-0.4, -0.2) is 32.9 Å². The number of fused-ring (bicyclic) bond motifs is 3. The van der Waals surface area contributed by atoms with Gasteiger partial charge in [0, 0.05) is 5.92 Å². The number of carbonyl (C=O) groups is 2. The van der Waals surface area contributed by atoms with Gasteiger partial charge in [-0.05, 0) is 38.2 Å². The Labute approximate surface area is 185 Å². The molecule has 0 aliphatic heterocycles. The highest BCUT2D eigenvalue weighted by Gasteiger charge is 2.30. The Morgan fingerprint density at radius 2 is 1.63 bits per heavy atom. The van der Waals surface area contributed by atoms with Gasteiger partial charge in [0.25, 0.3) is 0 Å². The molecule has 154 valence electrons. The molecule has 0 radical (unpaired) electrons. The second-order valence-corrected chi connectivity index (χ2v) is 8.33. The van der Waals surface area contributed by atoms with E-state index in [0.29, 0.717) is 14.5 Å². The number of halogens is 1. The fourth-order valence-corrected chi connectivity index (χ4v) is 5.40. The Morgan fingerprint density at radius 3 is 2.20 bits per heavy atom. The third-order valence-corrected chi connectivity index (χ3v) is 7.04. The molecule has 0 saturated carbocycles. The summed E-state index contributed by atoms with van der Waals surface area (Å²) in [6.07, 6.45) is -0.654. The highest BCUT2D eigenvalue weighted by Crippen LogP contribution is 2.45. The van der Waals surface area contributed by atoms with E-state index in [4.69, 9.17) is 14.2 Å². The van der Waals surface area contributed by atoms with Gasteiger partial charge in [-0.25, -0.2) is 9.59 Å². The van der Waals surface area contributed by atoms with Crippen LogP contribution < -0.4 is 10.1 Å². The van der Waals surface area contributed by atoms with Gasteiger partial charge in [-0.2, -0.15) is 0 Å². The molecule has 1 amide bonds. The van der Waals surface area contributed by atoms with E-state index in [1.54, 1.807) is 0 Å². The largest absolute Gasteiger partial charge is 0.486 e. The summed E-state index contributed by atoms with van der Waals surface area (Å²) in [6.45, 7) is 0.178. The third-order valence-electron chi connectivity index (χ3n) is 4.95. The Morgan fingerprint density at radius 1 is 1.03 bits per heavy atom. The number of thiophene rings is 1. The van der Waals surface area contributed by atoms with E-state index in [-0.39, 0.29) is 18.1 Å².